The molecule has 2 aromatic heterocycles. The van der Waals surface area contributed by atoms with Crippen molar-refractivity contribution in [2.75, 3.05) is 5.32 Å². The fourth-order valence-electron chi connectivity index (χ4n) is 1.85. The number of rotatable bonds is 3. The molecule has 0 aliphatic heterocycles. The summed E-state index contributed by atoms with van der Waals surface area (Å²) in [5.74, 6) is 0.336. The second kappa shape index (κ2) is 4.65. The lowest BCUT2D eigenvalue weighted by Gasteiger charge is -2.01. The molecule has 0 spiro atoms. The van der Waals surface area contributed by atoms with Crippen LogP contribution in [0.3, 0.4) is 0 Å². The van der Waals surface area contributed by atoms with Crippen molar-refractivity contribution in [1.82, 2.24) is 25.1 Å². The van der Waals surface area contributed by atoms with Crippen LogP contribution in [0.1, 0.15) is 23.4 Å². The van der Waals surface area contributed by atoms with Gasteiger partial charge in [0.2, 0.25) is 5.82 Å². The molecule has 0 radical (unpaired) electrons. The molecule has 3 rings (SSSR count). The second-order valence-electron chi connectivity index (χ2n) is 4.25. The summed E-state index contributed by atoms with van der Waals surface area (Å²) in [5.41, 5.74) is 1.57. The van der Waals surface area contributed by atoms with E-state index in [-0.39, 0.29) is 11.5 Å². The first-order valence-corrected chi connectivity index (χ1v) is 6.10. The Balaban J connectivity index is 1.84. The molecule has 0 saturated carbocycles. The van der Waals surface area contributed by atoms with Crippen molar-refractivity contribution in [3.63, 3.8) is 0 Å². The first-order valence-electron chi connectivity index (χ1n) is 6.10. The van der Waals surface area contributed by atoms with Gasteiger partial charge in [0.1, 0.15) is 5.82 Å². The quantitative estimate of drug-likeness (QED) is 0.563. The van der Waals surface area contributed by atoms with Crippen molar-refractivity contribution in [2.45, 2.75) is 13.3 Å². The van der Waals surface area contributed by atoms with E-state index in [0.29, 0.717) is 29.0 Å². The Kier molecular flexibility index (Phi) is 2.82. The van der Waals surface area contributed by atoms with Gasteiger partial charge in [-0.1, -0.05) is 6.92 Å². The van der Waals surface area contributed by atoms with Crippen LogP contribution < -0.4 is 11.0 Å². The molecule has 2 heterocycles. The second-order valence-corrected chi connectivity index (χ2v) is 4.25. The van der Waals surface area contributed by atoms with Crippen LogP contribution in [0.2, 0.25) is 0 Å². The highest BCUT2D eigenvalue weighted by molar-refractivity contribution is 6.02. The smallest absolute Gasteiger partial charge is 0.319 e. The van der Waals surface area contributed by atoms with Gasteiger partial charge in [0, 0.05) is 12.1 Å². The number of benzene rings is 1. The summed E-state index contributed by atoms with van der Waals surface area (Å²) < 4.78 is 0. The summed E-state index contributed by atoms with van der Waals surface area (Å²) in [5, 5.41) is 9.20. The molecule has 4 N–H and O–H groups in total. The number of amides is 1. The van der Waals surface area contributed by atoms with Crippen molar-refractivity contribution in [1.29, 1.82) is 0 Å². The Labute approximate surface area is 112 Å². The molecule has 20 heavy (non-hydrogen) atoms. The van der Waals surface area contributed by atoms with E-state index in [1.807, 2.05) is 6.92 Å². The van der Waals surface area contributed by atoms with Gasteiger partial charge in [0.25, 0.3) is 5.91 Å². The lowest BCUT2D eigenvalue weighted by Crippen LogP contribution is -2.13. The van der Waals surface area contributed by atoms with Gasteiger partial charge in [-0.2, -0.15) is 0 Å². The van der Waals surface area contributed by atoms with Crippen LogP contribution in [0, 0.1) is 0 Å². The maximum absolute atomic E-state index is 11.9. The number of carbonyl (C=O) groups excluding carboxylic acids is 1. The molecule has 0 atom stereocenters. The zero-order valence-corrected chi connectivity index (χ0v) is 10.7. The Hall–Kier alpha value is -2.90. The standard InChI is InChI=1S/C12H12N6O2/c1-2-9-16-10(18-17-9)11(19)13-6-3-4-7-8(5-6)15-12(20)14-7/h3-5H,2H2,1H3,(H,13,19)(H2,14,15,20)(H,16,17,18). The van der Waals surface area contributed by atoms with Crippen LogP contribution in [0.25, 0.3) is 11.0 Å². The minimum absolute atomic E-state index is 0.0875. The third kappa shape index (κ3) is 2.18. The van der Waals surface area contributed by atoms with Gasteiger partial charge >= 0.3 is 5.69 Å². The normalized spacial score (nSPS) is 10.8. The number of nitrogens with one attached hydrogen (secondary N) is 4. The number of hydrogen-bond donors (Lipinski definition) is 4. The Bertz CT molecular complexity index is 828. The van der Waals surface area contributed by atoms with Crippen molar-refractivity contribution in [3.8, 4) is 0 Å². The van der Waals surface area contributed by atoms with E-state index >= 15 is 0 Å². The fraction of sp³-hybridized carbons (Fsp3) is 0.167. The van der Waals surface area contributed by atoms with Crippen LogP contribution in [-0.2, 0) is 6.42 Å². The Morgan fingerprint density at radius 1 is 1.30 bits per heavy atom. The SMILES string of the molecule is CCc1nc(C(=O)Nc2ccc3[nH]c(=O)[nH]c3c2)n[nH]1. The number of anilines is 1. The summed E-state index contributed by atoms with van der Waals surface area (Å²) in [6.45, 7) is 1.92. The number of nitrogens with zero attached hydrogens (tertiary/aromatic N) is 2. The molecular weight excluding hydrogens is 260 g/mol. The number of aromatic nitrogens is 5. The lowest BCUT2D eigenvalue weighted by molar-refractivity contribution is 0.101. The molecule has 0 aliphatic carbocycles. The number of H-pyrrole nitrogens is 3. The summed E-state index contributed by atoms with van der Waals surface area (Å²) in [4.78, 5) is 32.4. The number of aryl methyl sites for hydroxylation is 1. The first-order chi connectivity index (χ1) is 9.65. The van der Waals surface area contributed by atoms with E-state index in [9.17, 15) is 9.59 Å². The van der Waals surface area contributed by atoms with E-state index in [1.54, 1.807) is 18.2 Å². The Morgan fingerprint density at radius 2 is 2.10 bits per heavy atom. The van der Waals surface area contributed by atoms with Crippen molar-refractivity contribution in [3.05, 3.63) is 40.3 Å². The number of hydrogen-bond acceptors (Lipinski definition) is 4. The minimum atomic E-state index is -0.404. The molecule has 102 valence electrons. The van der Waals surface area contributed by atoms with Crippen molar-refractivity contribution in [2.24, 2.45) is 0 Å². The molecule has 8 nitrogen and oxygen atoms in total. The molecular formula is C12H12N6O2. The van der Waals surface area contributed by atoms with Crippen LogP contribution in [0.15, 0.2) is 23.0 Å². The first kappa shape index (κ1) is 12.2. The van der Waals surface area contributed by atoms with E-state index in [4.69, 9.17) is 0 Å². The van der Waals surface area contributed by atoms with Gasteiger partial charge < -0.3 is 15.3 Å². The number of carbonyl (C=O) groups is 1. The zero-order chi connectivity index (χ0) is 14.1. The minimum Gasteiger partial charge on any atom is -0.319 e. The van der Waals surface area contributed by atoms with Gasteiger partial charge in [0.05, 0.1) is 11.0 Å². The van der Waals surface area contributed by atoms with Gasteiger partial charge in [-0.15, -0.1) is 5.10 Å². The molecule has 8 heteroatoms. The van der Waals surface area contributed by atoms with Gasteiger partial charge in [-0.25, -0.2) is 9.78 Å². The predicted octanol–water partition coefficient (Wildman–Crippen LogP) is 0.789. The maximum Gasteiger partial charge on any atom is 0.323 e. The number of aromatic amines is 3. The predicted molar refractivity (Wildman–Crippen MR) is 72.6 cm³/mol. The van der Waals surface area contributed by atoms with Gasteiger partial charge in [0.15, 0.2) is 0 Å². The molecule has 0 saturated heterocycles. The highest BCUT2D eigenvalue weighted by Crippen LogP contribution is 2.15. The van der Waals surface area contributed by atoms with Crippen LogP contribution in [-0.4, -0.2) is 31.1 Å². The average molecular weight is 272 g/mol. The molecule has 1 aromatic carbocycles. The van der Waals surface area contributed by atoms with E-state index in [0.717, 1.165) is 0 Å². The highest BCUT2D eigenvalue weighted by atomic mass is 16.2. The van der Waals surface area contributed by atoms with Gasteiger partial charge in [-0.05, 0) is 18.2 Å². The van der Waals surface area contributed by atoms with E-state index in [1.165, 1.54) is 0 Å². The third-order valence-electron chi connectivity index (χ3n) is 2.84. The van der Waals surface area contributed by atoms with Crippen LogP contribution in [0.5, 0.6) is 0 Å². The summed E-state index contributed by atoms with van der Waals surface area (Å²) >= 11 is 0. The Morgan fingerprint density at radius 3 is 2.85 bits per heavy atom. The molecule has 0 aliphatic rings. The molecule has 3 aromatic rings. The monoisotopic (exact) mass is 272 g/mol. The highest BCUT2D eigenvalue weighted by Gasteiger charge is 2.12. The molecule has 0 bridgehead atoms. The number of fused-ring (bicyclic) bond motifs is 1. The molecule has 0 fully saturated rings. The number of imidazole rings is 1. The fourth-order valence-corrected chi connectivity index (χ4v) is 1.85. The van der Waals surface area contributed by atoms with Crippen LogP contribution in [0.4, 0.5) is 5.69 Å². The average Bonchev–Trinajstić information content (AvgIpc) is 3.03. The summed E-state index contributed by atoms with van der Waals surface area (Å²) in [7, 11) is 0. The lowest BCUT2D eigenvalue weighted by atomic mass is 10.2. The topological polar surface area (TPSA) is 119 Å². The van der Waals surface area contributed by atoms with Gasteiger partial charge in [-0.3, -0.25) is 9.89 Å². The van der Waals surface area contributed by atoms with Crippen molar-refractivity contribution >= 4 is 22.6 Å². The van der Waals surface area contributed by atoms with Crippen LogP contribution >= 0.6 is 0 Å². The van der Waals surface area contributed by atoms with Crippen molar-refractivity contribution < 1.29 is 4.79 Å². The largest absolute Gasteiger partial charge is 0.323 e. The molecule has 0 unspecified atom stereocenters. The van der Waals surface area contributed by atoms with E-state index < -0.39 is 5.91 Å². The zero-order valence-electron chi connectivity index (χ0n) is 10.7. The molecule has 1 amide bonds. The maximum atomic E-state index is 11.9. The summed E-state index contributed by atoms with van der Waals surface area (Å²) in [6, 6.07) is 5.06. The summed E-state index contributed by atoms with van der Waals surface area (Å²) in [6.07, 6.45) is 0.677. The third-order valence-corrected chi connectivity index (χ3v) is 2.84. The van der Waals surface area contributed by atoms with E-state index in [2.05, 4.69) is 30.5 Å².